The molecule has 0 spiro atoms. The molecule has 104 valence electrons. The number of amides is 1. The number of thiocarbonyl (C=S) groups is 1. The number of hydrogen-bond acceptors (Lipinski definition) is 4. The third-order valence-corrected chi connectivity index (χ3v) is 4.65. The Morgan fingerprint density at radius 1 is 1.32 bits per heavy atom. The van der Waals surface area contributed by atoms with Gasteiger partial charge in [-0.05, 0) is 6.07 Å². The summed E-state index contributed by atoms with van der Waals surface area (Å²) in [6.45, 7) is 1.35. The topological polar surface area (TPSA) is 106 Å². The molecule has 0 heterocycles. The molecule has 0 radical (unpaired) electrons. The predicted octanol–water partition coefficient (Wildman–Crippen LogP) is -0.183. The number of carbonyl (C=O) groups is 1. The fourth-order valence-corrected chi connectivity index (χ4v) is 3.44. The molecule has 0 unspecified atom stereocenters. The number of nitrogens with two attached hydrogens (primary N) is 2. The van der Waals surface area contributed by atoms with Gasteiger partial charge in [0.2, 0.25) is 15.9 Å². The fraction of sp³-hybridized carbons (Fsp3) is 0.273. The van der Waals surface area contributed by atoms with Crippen LogP contribution in [0.15, 0.2) is 29.2 Å². The van der Waals surface area contributed by atoms with E-state index in [-0.39, 0.29) is 28.5 Å². The van der Waals surface area contributed by atoms with Gasteiger partial charge in [-0.3, -0.25) is 4.79 Å². The zero-order valence-corrected chi connectivity index (χ0v) is 12.0. The lowest BCUT2D eigenvalue weighted by atomic mass is 10.2. The molecule has 0 aliphatic heterocycles. The van der Waals surface area contributed by atoms with E-state index < -0.39 is 15.9 Å². The van der Waals surface area contributed by atoms with Crippen LogP contribution < -0.4 is 11.5 Å². The molecule has 0 aliphatic rings. The van der Waals surface area contributed by atoms with Crippen molar-refractivity contribution in [1.29, 1.82) is 0 Å². The van der Waals surface area contributed by atoms with E-state index in [1.54, 1.807) is 19.1 Å². The molecule has 1 aromatic carbocycles. The van der Waals surface area contributed by atoms with E-state index in [0.717, 1.165) is 4.31 Å². The van der Waals surface area contributed by atoms with E-state index in [2.05, 4.69) is 0 Å². The SMILES string of the molecule is CCN(CC(N)=O)S(=O)(=O)c1ccccc1C(N)=S. The Bertz CT molecular complexity index is 599. The Hall–Kier alpha value is -1.51. The predicted molar refractivity (Wildman–Crippen MR) is 76.0 cm³/mol. The van der Waals surface area contributed by atoms with Gasteiger partial charge in [0.05, 0.1) is 11.4 Å². The first-order chi connectivity index (χ1) is 8.80. The van der Waals surface area contributed by atoms with E-state index in [9.17, 15) is 13.2 Å². The highest BCUT2D eigenvalue weighted by molar-refractivity contribution is 7.89. The van der Waals surface area contributed by atoms with E-state index in [4.69, 9.17) is 23.7 Å². The molecule has 0 fully saturated rings. The normalized spacial score (nSPS) is 11.5. The minimum absolute atomic E-state index is 0.0192. The van der Waals surface area contributed by atoms with Crippen molar-refractivity contribution < 1.29 is 13.2 Å². The van der Waals surface area contributed by atoms with Gasteiger partial charge in [0.15, 0.2) is 0 Å². The van der Waals surface area contributed by atoms with Gasteiger partial charge in [0, 0.05) is 12.1 Å². The van der Waals surface area contributed by atoms with Crippen molar-refractivity contribution in [3.05, 3.63) is 29.8 Å². The van der Waals surface area contributed by atoms with Crippen molar-refractivity contribution in [2.45, 2.75) is 11.8 Å². The first-order valence-electron chi connectivity index (χ1n) is 5.48. The average molecular weight is 301 g/mol. The van der Waals surface area contributed by atoms with Crippen molar-refractivity contribution in [2.75, 3.05) is 13.1 Å². The summed E-state index contributed by atoms with van der Waals surface area (Å²) in [6, 6.07) is 6.12. The van der Waals surface area contributed by atoms with Crippen molar-refractivity contribution in [2.24, 2.45) is 11.5 Å². The van der Waals surface area contributed by atoms with Crippen LogP contribution in [-0.2, 0) is 14.8 Å². The highest BCUT2D eigenvalue weighted by Crippen LogP contribution is 2.19. The molecule has 0 bridgehead atoms. The monoisotopic (exact) mass is 301 g/mol. The molecule has 0 saturated carbocycles. The molecule has 6 nitrogen and oxygen atoms in total. The zero-order chi connectivity index (χ0) is 14.6. The third-order valence-electron chi connectivity index (χ3n) is 2.46. The van der Waals surface area contributed by atoms with Crippen LogP contribution in [0.4, 0.5) is 0 Å². The lowest BCUT2D eigenvalue weighted by molar-refractivity contribution is -0.118. The van der Waals surface area contributed by atoms with E-state index in [1.807, 2.05) is 0 Å². The average Bonchev–Trinajstić information content (AvgIpc) is 2.35. The van der Waals surface area contributed by atoms with Crippen LogP contribution in [-0.4, -0.2) is 36.7 Å². The summed E-state index contributed by atoms with van der Waals surface area (Å²) in [5, 5.41) is 0. The Morgan fingerprint density at radius 3 is 2.37 bits per heavy atom. The maximum Gasteiger partial charge on any atom is 0.244 e. The van der Waals surface area contributed by atoms with Gasteiger partial charge in [-0.25, -0.2) is 8.42 Å². The maximum absolute atomic E-state index is 12.4. The second-order valence-corrected chi connectivity index (χ2v) is 6.10. The third kappa shape index (κ3) is 3.49. The van der Waals surface area contributed by atoms with Crippen LogP contribution in [0, 0.1) is 0 Å². The number of rotatable bonds is 6. The summed E-state index contributed by atoms with van der Waals surface area (Å²) < 4.78 is 25.8. The molecule has 19 heavy (non-hydrogen) atoms. The van der Waals surface area contributed by atoms with Crippen LogP contribution in [0.3, 0.4) is 0 Å². The van der Waals surface area contributed by atoms with Gasteiger partial charge in [-0.15, -0.1) is 0 Å². The Kier molecular flexibility index (Phi) is 4.98. The van der Waals surface area contributed by atoms with Gasteiger partial charge < -0.3 is 11.5 Å². The number of benzene rings is 1. The minimum atomic E-state index is -3.86. The summed E-state index contributed by atoms with van der Waals surface area (Å²) in [5.41, 5.74) is 10.8. The van der Waals surface area contributed by atoms with E-state index >= 15 is 0 Å². The van der Waals surface area contributed by atoms with Crippen molar-refractivity contribution in [3.63, 3.8) is 0 Å². The van der Waals surface area contributed by atoms with Gasteiger partial charge >= 0.3 is 0 Å². The van der Waals surface area contributed by atoms with E-state index in [1.165, 1.54) is 12.1 Å². The van der Waals surface area contributed by atoms with Gasteiger partial charge in [0.25, 0.3) is 0 Å². The molecule has 0 saturated heterocycles. The lowest BCUT2D eigenvalue weighted by Crippen LogP contribution is -2.38. The number of sulfonamides is 1. The Balaban J connectivity index is 3.34. The Labute approximate surface area is 117 Å². The molecule has 4 N–H and O–H groups in total. The molecule has 1 rings (SSSR count). The van der Waals surface area contributed by atoms with Crippen LogP contribution in [0.1, 0.15) is 12.5 Å². The second kappa shape index (κ2) is 6.09. The van der Waals surface area contributed by atoms with Crippen LogP contribution >= 0.6 is 12.2 Å². The van der Waals surface area contributed by atoms with Crippen molar-refractivity contribution in [3.8, 4) is 0 Å². The first-order valence-corrected chi connectivity index (χ1v) is 7.32. The van der Waals surface area contributed by atoms with Crippen LogP contribution in [0.25, 0.3) is 0 Å². The zero-order valence-electron chi connectivity index (χ0n) is 10.4. The minimum Gasteiger partial charge on any atom is -0.389 e. The Morgan fingerprint density at radius 2 is 1.89 bits per heavy atom. The van der Waals surface area contributed by atoms with Crippen LogP contribution in [0.2, 0.25) is 0 Å². The number of primary amides is 1. The summed E-state index contributed by atoms with van der Waals surface area (Å²) in [7, 11) is -3.86. The summed E-state index contributed by atoms with van der Waals surface area (Å²) in [5.74, 6) is -0.724. The molecule has 0 aliphatic carbocycles. The first kappa shape index (κ1) is 15.5. The smallest absolute Gasteiger partial charge is 0.244 e. The molecular formula is C11H15N3O3S2. The lowest BCUT2D eigenvalue weighted by Gasteiger charge is -2.20. The highest BCUT2D eigenvalue weighted by Gasteiger charge is 2.27. The van der Waals surface area contributed by atoms with E-state index in [0.29, 0.717) is 0 Å². The van der Waals surface area contributed by atoms with Gasteiger partial charge in [0.1, 0.15) is 4.99 Å². The maximum atomic E-state index is 12.4. The van der Waals surface area contributed by atoms with Gasteiger partial charge in [-0.2, -0.15) is 4.31 Å². The summed E-state index contributed by atoms with van der Waals surface area (Å²) in [4.78, 5) is 10.9. The van der Waals surface area contributed by atoms with Crippen LogP contribution in [0.5, 0.6) is 0 Å². The molecule has 8 heteroatoms. The van der Waals surface area contributed by atoms with Crippen molar-refractivity contribution >= 4 is 33.1 Å². The molecule has 0 atom stereocenters. The molecular weight excluding hydrogens is 286 g/mol. The molecule has 1 amide bonds. The van der Waals surface area contributed by atoms with Gasteiger partial charge in [-0.1, -0.05) is 37.3 Å². The number of carbonyl (C=O) groups excluding carboxylic acids is 1. The standard InChI is InChI=1S/C11H15N3O3S2/c1-2-14(7-10(12)15)19(16,17)9-6-4-3-5-8(9)11(13)18/h3-6H,2,7H2,1H3,(H2,12,15)(H2,13,18). The highest BCUT2D eigenvalue weighted by atomic mass is 32.2. The van der Waals surface area contributed by atoms with Crippen molar-refractivity contribution in [1.82, 2.24) is 4.31 Å². The number of likely N-dealkylation sites (N-methyl/N-ethyl adjacent to an activating group) is 1. The summed E-state index contributed by atoms with van der Waals surface area (Å²) in [6.07, 6.45) is 0. The number of nitrogens with zero attached hydrogens (tertiary/aromatic N) is 1. The fourth-order valence-electron chi connectivity index (χ4n) is 1.57. The number of hydrogen-bond donors (Lipinski definition) is 2. The molecule has 1 aromatic rings. The summed E-state index contributed by atoms with van der Waals surface area (Å²) >= 11 is 4.83. The molecule has 0 aromatic heterocycles. The second-order valence-electron chi connectivity index (χ2n) is 3.76. The quantitative estimate of drug-likeness (QED) is 0.709. The largest absolute Gasteiger partial charge is 0.389 e.